The smallest absolute Gasteiger partial charge is 0.221 e. The molecule has 5 heteroatoms. The summed E-state index contributed by atoms with van der Waals surface area (Å²) in [6.45, 7) is 4.70. The van der Waals surface area contributed by atoms with E-state index in [1.807, 2.05) is 18.2 Å². The summed E-state index contributed by atoms with van der Waals surface area (Å²) in [4.78, 5) is 27.8. The first-order valence-electron chi connectivity index (χ1n) is 8.07. The van der Waals surface area contributed by atoms with Crippen LogP contribution in [-0.2, 0) is 9.53 Å². The van der Waals surface area contributed by atoms with Crippen molar-refractivity contribution in [1.82, 2.24) is 4.98 Å². The first-order chi connectivity index (χ1) is 11.6. The van der Waals surface area contributed by atoms with Crippen molar-refractivity contribution in [3.8, 4) is 11.1 Å². The molecule has 5 nitrogen and oxygen atoms in total. The van der Waals surface area contributed by atoms with Crippen LogP contribution >= 0.6 is 0 Å². The Morgan fingerprint density at radius 1 is 1.25 bits per heavy atom. The van der Waals surface area contributed by atoms with Gasteiger partial charge < -0.3 is 10.1 Å². The lowest BCUT2D eigenvalue weighted by Crippen LogP contribution is -2.24. The van der Waals surface area contributed by atoms with E-state index in [-0.39, 0.29) is 11.7 Å². The summed E-state index contributed by atoms with van der Waals surface area (Å²) in [6.07, 6.45) is 2.03. The molecule has 1 amide bonds. The Morgan fingerprint density at radius 2 is 2.04 bits per heavy atom. The number of aromatic nitrogens is 1. The van der Waals surface area contributed by atoms with Crippen LogP contribution in [-0.4, -0.2) is 29.9 Å². The summed E-state index contributed by atoms with van der Waals surface area (Å²) in [5.41, 5.74) is 3.88. The van der Waals surface area contributed by atoms with Crippen molar-refractivity contribution >= 4 is 17.4 Å². The molecule has 2 heterocycles. The van der Waals surface area contributed by atoms with Gasteiger partial charge in [-0.2, -0.15) is 0 Å². The minimum atomic E-state index is -0.223. The number of hydrogen-bond acceptors (Lipinski definition) is 4. The van der Waals surface area contributed by atoms with E-state index in [0.717, 1.165) is 24.3 Å². The maximum absolute atomic E-state index is 12.0. The fraction of sp³-hybridized carbons (Fsp3) is 0.316. The highest BCUT2D eigenvalue weighted by atomic mass is 16.5. The van der Waals surface area contributed by atoms with E-state index in [1.165, 1.54) is 12.5 Å². The zero-order chi connectivity index (χ0) is 17.1. The summed E-state index contributed by atoms with van der Waals surface area (Å²) < 4.78 is 5.25. The van der Waals surface area contributed by atoms with E-state index in [9.17, 15) is 9.59 Å². The molecule has 24 heavy (non-hydrogen) atoms. The van der Waals surface area contributed by atoms with Crippen LogP contribution in [0.25, 0.3) is 11.1 Å². The second-order valence-corrected chi connectivity index (χ2v) is 5.94. The zero-order valence-corrected chi connectivity index (χ0v) is 13.8. The molecule has 1 aliphatic rings. The molecule has 0 unspecified atom stereocenters. The third kappa shape index (κ3) is 3.36. The van der Waals surface area contributed by atoms with Gasteiger partial charge in [-0.05, 0) is 17.2 Å². The van der Waals surface area contributed by atoms with Crippen molar-refractivity contribution in [2.45, 2.75) is 26.2 Å². The number of rotatable bonds is 5. The van der Waals surface area contributed by atoms with E-state index in [0.29, 0.717) is 23.7 Å². The second kappa shape index (κ2) is 6.93. The largest absolute Gasteiger partial charge is 0.380 e. The molecule has 0 aliphatic carbocycles. The fourth-order valence-corrected chi connectivity index (χ4v) is 2.70. The minimum absolute atomic E-state index is 0.0920. The number of amides is 1. The van der Waals surface area contributed by atoms with E-state index < -0.39 is 0 Å². The van der Waals surface area contributed by atoms with Gasteiger partial charge >= 0.3 is 0 Å². The molecule has 3 rings (SSSR count). The minimum Gasteiger partial charge on any atom is -0.380 e. The van der Waals surface area contributed by atoms with Crippen LogP contribution in [0.2, 0.25) is 0 Å². The number of ketones is 1. The van der Waals surface area contributed by atoms with Gasteiger partial charge in [0.05, 0.1) is 18.9 Å². The molecule has 1 aliphatic heterocycles. The third-order valence-electron chi connectivity index (χ3n) is 4.11. The summed E-state index contributed by atoms with van der Waals surface area (Å²) in [7, 11) is 0. The maximum Gasteiger partial charge on any atom is 0.221 e. The average molecular weight is 324 g/mol. The number of nitrogens with one attached hydrogen (secondary N) is 1. The van der Waals surface area contributed by atoms with E-state index in [1.54, 1.807) is 13.1 Å². The topological polar surface area (TPSA) is 68.3 Å². The molecule has 0 radical (unpaired) electrons. The van der Waals surface area contributed by atoms with Gasteiger partial charge in [-0.25, -0.2) is 0 Å². The predicted molar refractivity (Wildman–Crippen MR) is 92.2 cm³/mol. The van der Waals surface area contributed by atoms with E-state index in [4.69, 9.17) is 4.74 Å². The molecule has 2 aromatic rings. The number of carbonyl (C=O) groups is 2. The third-order valence-corrected chi connectivity index (χ3v) is 4.11. The van der Waals surface area contributed by atoms with Gasteiger partial charge in [0.2, 0.25) is 5.91 Å². The molecule has 0 bridgehead atoms. The second-order valence-electron chi connectivity index (χ2n) is 5.94. The quantitative estimate of drug-likeness (QED) is 0.856. The molecule has 1 N–H and O–H groups in total. The van der Waals surface area contributed by atoms with Crippen LogP contribution in [0.4, 0.5) is 5.69 Å². The Hall–Kier alpha value is -2.53. The van der Waals surface area contributed by atoms with Gasteiger partial charge in [-0.15, -0.1) is 0 Å². The molecule has 1 aromatic carbocycles. The standard InChI is InChI=1S/C19H20N2O3/c1-3-18(23)19-17(21-12(2)22)8-15(9-20-19)13-5-4-6-14(7-13)16-10-24-11-16/h4-9,16H,3,10-11H2,1-2H3,(H,21,22). The average Bonchev–Trinajstić information content (AvgIpc) is 2.52. The van der Waals surface area contributed by atoms with Crippen molar-refractivity contribution in [2.75, 3.05) is 18.5 Å². The summed E-state index contributed by atoms with van der Waals surface area (Å²) in [5.74, 6) is 0.124. The molecule has 0 saturated carbocycles. The van der Waals surface area contributed by atoms with Crippen molar-refractivity contribution in [3.63, 3.8) is 0 Å². The number of hydrogen-bond donors (Lipinski definition) is 1. The highest BCUT2D eigenvalue weighted by molar-refractivity contribution is 6.03. The number of benzene rings is 1. The van der Waals surface area contributed by atoms with Crippen molar-refractivity contribution < 1.29 is 14.3 Å². The lowest BCUT2D eigenvalue weighted by atomic mass is 9.94. The van der Waals surface area contributed by atoms with Gasteiger partial charge in [0.15, 0.2) is 5.78 Å². The van der Waals surface area contributed by atoms with Crippen molar-refractivity contribution in [1.29, 1.82) is 0 Å². The van der Waals surface area contributed by atoms with Gasteiger partial charge in [-0.1, -0.05) is 31.2 Å². The Morgan fingerprint density at radius 3 is 2.67 bits per heavy atom. The molecule has 0 atom stereocenters. The number of anilines is 1. The molecule has 1 aromatic heterocycles. The first kappa shape index (κ1) is 16.3. The lowest BCUT2D eigenvalue weighted by Gasteiger charge is -2.26. The van der Waals surface area contributed by atoms with E-state index >= 15 is 0 Å². The summed E-state index contributed by atoms with van der Waals surface area (Å²) in [5, 5.41) is 2.72. The first-order valence-corrected chi connectivity index (χ1v) is 8.07. The van der Waals surface area contributed by atoms with Gasteiger partial charge in [0.25, 0.3) is 0 Å². The number of pyridine rings is 1. The maximum atomic E-state index is 12.0. The molecular formula is C19H20N2O3. The Kier molecular flexibility index (Phi) is 4.71. The molecule has 0 spiro atoms. The molecule has 124 valence electrons. The number of nitrogens with zero attached hydrogens (tertiary/aromatic N) is 1. The molecular weight excluding hydrogens is 304 g/mol. The fourth-order valence-electron chi connectivity index (χ4n) is 2.70. The van der Waals surface area contributed by atoms with Crippen LogP contribution in [0.1, 0.15) is 42.2 Å². The monoisotopic (exact) mass is 324 g/mol. The Bertz CT molecular complexity index is 782. The Labute approximate surface area is 141 Å². The van der Waals surface area contributed by atoms with Gasteiger partial charge in [0, 0.05) is 31.0 Å². The van der Waals surface area contributed by atoms with Crippen LogP contribution in [0, 0.1) is 0 Å². The van der Waals surface area contributed by atoms with Crippen LogP contribution in [0.3, 0.4) is 0 Å². The zero-order valence-electron chi connectivity index (χ0n) is 13.8. The van der Waals surface area contributed by atoms with Crippen LogP contribution < -0.4 is 5.32 Å². The Balaban J connectivity index is 1.98. The van der Waals surface area contributed by atoms with Gasteiger partial charge in [-0.3, -0.25) is 14.6 Å². The highest BCUT2D eigenvalue weighted by Gasteiger charge is 2.21. The normalized spacial score (nSPS) is 14.1. The summed E-state index contributed by atoms with van der Waals surface area (Å²) >= 11 is 0. The number of carbonyl (C=O) groups excluding carboxylic acids is 2. The predicted octanol–water partition coefficient (Wildman–Crippen LogP) is 3.41. The summed E-state index contributed by atoms with van der Waals surface area (Å²) in [6, 6.07) is 10.0. The van der Waals surface area contributed by atoms with Crippen molar-refractivity contribution in [3.05, 3.63) is 47.8 Å². The highest BCUT2D eigenvalue weighted by Crippen LogP contribution is 2.30. The molecule has 1 fully saturated rings. The van der Waals surface area contributed by atoms with Gasteiger partial charge in [0.1, 0.15) is 5.69 Å². The number of Topliss-reactive ketones (excluding diaryl/α,β-unsaturated/α-hetero) is 1. The number of ether oxygens (including phenoxy) is 1. The van der Waals surface area contributed by atoms with Crippen molar-refractivity contribution in [2.24, 2.45) is 0 Å². The molecule has 1 saturated heterocycles. The van der Waals surface area contributed by atoms with E-state index in [2.05, 4.69) is 22.4 Å². The lowest BCUT2D eigenvalue weighted by molar-refractivity contribution is -0.114. The van der Waals surface area contributed by atoms with Crippen LogP contribution in [0.15, 0.2) is 36.5 Å². The van der Waals surface area contributed by atoms with Crippen LogP contribution in [0.5, 0.6) is 0 Å². The SMILES string of the molecule is CCC(=O)c1ncc(-c2cccc(C3COC3)c2)cc1NC(C)=O.